The number of amides is 2. The molecule has 2 heterocycles. The highest BCUT2D eigenvalue weighted by Gasteiger charge is 2.30. The fourth-order valence-electron chi connectivity index (χ4n) is 3.93. The van der Waals surface area contributed by atoms with Gasteiger partial charge in [0.15, 0.2) is 5.78 Å². The Hall–Kier alpha value is -4.89. The minimum absolute atomic E-state index is 0.149. The first-order chi connectivity index (χ1) is 17.9. The van der Waals surface area contributed by atoms with Gasteiger partial charge in [0, 0.05) is 28.7 Å². The predicted molar refractivity (Wildman–Crippen MR) is 142 cm³/mol. The number of benzene rings is 3. The monoisotopic (exact) mass is 509 g/mol. The maximum atomic E-state index is 13.2. The Balaban J connectivity index is 1.33. The third-order valence-corrected chi connectivity index (χ3v) is 6.67. The summed E-state index contributed by atoms with van der Waals surface area (Å²) in [6.07, 6.45) is 1.50. The molecule has 1 atom stereocenters. The van der Waals surface area contributed by atoms with Crippen molar-refractivity contribution in [2.75, 3.05) is 10.6 Å². The highest BCUT2D eigenvalue weighted by molar-refractivity contribution is 7.12. The van der Waals surface area contributed by atoms with Crippen molar-refractivity contribution in [2.24, 2.45) is 4.99 Å². The number of rotatable bonds is 7. The first kappa shape index (κ1) is 23.8. The Morgan fingerprint density at radius 2 is 1.68 bits per heavy atom. The van der Waals surface area contributed by atoms with E-state index in [2.05, 4.69) is 15.6 Å². The van der Waals surface area contributed by atoms with Crippen molar-refractivity contribution in [3.63, 3.8) is 0 Å². The number of fused-ring (bicyclic) bond motifs is 1. The maximum Gasteiger partial charge on any atom is 0.335 e. The number of thiophene rings is 1. The summed E-state index contributed by atoms with van der Waals surface area (Å²) >= 11 is 1.33. The van der Waals surface area contributed by atoms with Gasteiger partial charge in [0.1, 0.15) is 5.92 Å². The van der Waals surface area contributed by atoms with E-state index in [0.717, 1.165) is 0 Å². The predicted octanol–water partition coefficient (Wildman–Crippen LogP) is 5.37. The minimum Gasteiger partial charge on any atom is -0.478 e. The van der Waals surface area contributed by atoms with Crippen LogP contribution in [0.4, 0.5) is 17.1 Å². The molecule has 1 aliphatic heterocycles. The molecule has 1 aromatic heterocycles. The molecule has 2 amide bonds. The van der Waals surface area contributed by atoms with Crippen molar-refractivity contribution in [1.29, 1.82) is 0 Å². The third kappa shape index (κ3) is 5.07. The molecule has 9 heteroatoms. The van der Waals surface area contributed by atoms with Crippen molar-refractivity contribution in [2.45, 2.75) is 5.92 Å². The number of carboxylic acid groups (broad SMARTS) is 1. The normalized spacial score (nSPS) is 14.3. The summed E-state index contributed by atoms with van der Waals surface area (Å²) in [6.45, 7) is 0. The van der Waals surface area contributed by atoms with Crippen molar-refractivity contribution >= 4 is 58.2 Å². The summed E-state index contributed by atoms with van der Waals surface area (Å²) in [6, 6.07) is 21.2. The number of carbonyl (C=O) groups is 4. The number of nitrogens with zero attached hydrogens (tertiary/aromatic N) is 1. The molecule has 182 valence electrons. The first-order valence-electron chi connectivity index (χ1n) is 11.2. The van der Waals surface area contributed by atoms with Crippen LogP contribution in [-0.4, -0.2) is 34.9 Å². The van der Waals surface area contributed by atoms with Crippen molar-refractivity contribution in [1.82, 2.24) is 0 Å². The molecule has 37 heavy (non-hydrogen) atoms. The largest absolute Gasteiger partial charge is 0.478 e. The van der Waals surface area contributed by atoms with Crippen LogP contribution in [0.1, 0.15) is 47.4 Å². The summed E-state index contributed by atoms with van der Waals surface area (Å²) < 4.78 is 0. The molecule has 0 aliphatic carbocycles. The quantitative estimate of drug-likeness (QED) is 0.228. The van der Waals surface area contributed by atoms with Crippen LogP contribution in [0.25, 0.3) is 0 Å². The smallest absolute Gasteiger partial charge is 0.335 e. The van der Waals surface area contributed by atoms with Crippen LogP contribution in [0.15, 0.2) is 89.2 Å². The van der Waals surface area contributed by atoms with Crippen LogP contribution < -0.4 is 10.6 Å². The molecule has 5 rings (SSSR count). The van der Waals surface area contributed by atoms with Crippen molar-refractivity contribution in [3.05, 3.63) is 111 Å². The second kappa shape index (κ2) is 10.00. The highest BCUT2D eigenvalue weighted by Crippen LogP contribution is 2.33. The van der Waals surface area contributed by atoms with Crippen LogP contribution in [-0.2, 0) is 4.79 Å². The van der Waals surface area contributed by atoms with E-state index in [4.69, 9.17) is 5.11 Å². The Bertz CT molecular complexity index is 1560. The number of nitrogens with one attached hydrogen (secondary N) is 2. The molecular formula is C28H19N3O5S. The van der Waals surface area contributed by atoms with Gasteiger partial charge in [0.25, 0.3) is 5.91 Å². The Kier molecular flexibility index (Phi) is 6.44. The van der Waals surface area contributed by atoms with Gasteiger partial charge in [0.05, 0.1) is 16.1 Å². The molecule has 1 unspecified atom stereocenters. The molecule has 3 N–H and O–H groups in total. The number of hydrogen-bond donors (Lipinski definition) is 3. The van der Waals surface area contributed by atoms with Crippen LogP contribution in [0.3, 0.4) is 0 Å². The van der Waals surface area contributed by atoms with Crippen LogP contribution in [0, 0.1) is 0 Å². The Morgan fingerprint density at radius 1 is 0.919 bits per heavy atom. The third-order valence-electron chi connectivity index (χ3n) is 5.81. The van der Waals surface area contributed by atoms with Crippen LogP contribution in [0.5, 0.6) is 0 Å². The van der Waals surface area contributed by atoms with Gasteiger partial charge in [-0.1, -0.05) is 30.3 Å². The summed E-state index contributed by atoms with van der Waals surface area (Å²) in [7, 11) is 0. The van der Waals surface area contributed by atoms with Crippen molar-refractivity contribution in [3.8, 4) is 0 Å². The van der Waals surface area contributed by atoms with Gasteiger partial charge in [-0.25, -0.2) is 4.79 Å². The number of aromatic carboxylic acids is 1. The molecule has 1 aliphatic rings. The Labute approximate surface area is 215 Å². The van der Waals surface area contributed by atoms with E-state index in [9.17, 15) is 19.2 Å². The van der Waals surface area contributed by atoms with E-state index in [1.54, 1.807) is 66.7 Å². The summed E-state index contributed by atoms with van der Waals surface area (Å²) in [5.41, 5.74) is 3.17. The molecule has 3 aromatic carbocycles. The molecule has 0 radical (unpaired) electrons. The van der Waals surface area contributed by atoms with E-state index < -0.39 is 11.9 Å². The van der Waals surface area contributed by atoms with Crippen LogP contribution in [0.2, 0.25) is 0 Å². The lowest BCUT2D eigenvalue weighted by Gasteiger charge is -2.08. The van der Waals surface area contributed by atoms with Crippen molar-refractivity contribution < 1.29 is 24.3 Å². The number of ketones is 1. The van der Waals surface area contributed by atoms with E-state index in [-0.39, 0.29) is 23.2 Å². The van der Waals surface area contributed by atoms with Gasteiger partial charge >= 0.3 is 5.97 Å². The number of carbonyl (C=O) groups excluding carboxylic acids is 3. The average molecular weight is 510 g/mol. The molecule has 0 fully saturated rings. The molecular weight excluding hydrogens is 490 g/mol. The minimum atomic E-state index is -1.03. The van der Waals surface area contributed by atoms with Gasteiger partial charge in [-0.3, -0.25) is 19.4 Å². The summed E-state index contributed by atoms with van der Waals surface area (Å²) in [4.78, 5) is 54.0. The zero-order chi connectivity index (χ0) is 25.9. The van der Waals surface area contributed by atoms with E-state index in [1.807, 2.05) is 5.38 Å². The van der Waals surface area contributed by atoms with Gasteiger partial charge in [-0.15, -0.1) is 11.3 Å². The number of anilines is 2. The molecule has 0 spiro atoms. The topological polar surface area (TPSA) is 125 Å². The lowest BCUT2D eigenvalue weighted by atomic mass is 9.97. The van der Waals surface area contributed by atoms with E-state index in [0.29, 0.717) is 38.6 Å². The molecule has 0 saturated carbocycles. The molecule has 4 aromatic rings. The second-order valence-corrected chi connectivity index (χ2v) is 9.19. The fraction of sp³-hybridized carbons (Fsp3) is 0.0357. The standard InChI is InChI=1S/C28H19N3O5S/c32-25(17-3-1-4-20(13-17)30-27(34)24-5-2-12-37-24)18-8-11-21-22(26(33)31-23(21)14-18)15-29-19-9-6-16(7-10-19)28(35)36/h1-15,22H,(H,30,34)(H,31,33)(H,35,36). The second-order valence-electron chi connectivity index (χ2n) is 8.24. The molecule has 0 saturated heterocycles. The molecule has 8 nitrogen and oxygen atoms in total. The number of carboxylic acids is 1. The first-order valence-corrected chi connectivity index (χ1v) is 12.1. The number of hydrogen-bond acceptors (Lipinski definition) is 6. The molecule has 0 bridgehead atoms. The zero-order valence-electron chi connectivity index (χ0n) is 19.2. The highest BCUT2D eigenvalue weighted by atomic mass is 32.1. The van der Waals surface area contributed by atoms with Crippen LogP contribution >= 0.6 is 11.3 Å². The van der Waals surface area contributed by atoms with Gasteiger partial charge in [-0.05, 0) is 59.5 Å². The average Bonchev–Trinajstić information content (AvgIpc) is 3.55. The van der Waals surface area contributed by atoms with Gasteiger partial charge in [0.2, 0.25) is 5.91 Å². The lowest BCUT2D eigenvalue weighted by molar-refractivity contribution is -0.115. The summed E-state index contributed by atoms with van der Waals surface area (Å²) in [5.74, 6) is -2.44. The van der Waals surface area contributed by atoms with Gasteiger partial charge < -0.3 is 15.7 Å². The zero-order valence-corrected chi connectivity index (χ0v) is 20.0. The van der Waals surface area contributed by atoms with E-state index >= 15 is 0 Å². The number of aliphatic imine (C=N–C) groups is 1. The maximum absolute atomic E-state index is 13.2. The SMILES string of the molecule is O=C(O)c1ccc(N=CC2C(=O)Nc3cc(C(=O)c4cccc(NC(=O)c5cccs5)c4)ccc32)cc1. The summed E-state index contributed by atoms with van der Waals surface area (Å²) in [5, 5.41) is 16.4. The Morgan fingerprint density at radius 3 is 2.41 bits per heavy atom. The van der Waals surface area contributed by atoms with Gasteiger partial charge in [-0.2, -0.15) is 0 Å². The fourth-order valence-corrected chi connectivity index (χ4v) is 4.55. The van der Waals surface area contributed by atoms with E-state index in [1.165, 1.54) is 29.7 Å². The lowest BCUT2D eigenvalue weighted by Crippen LogP contribution is -2.12.